The predicted octanol–water partition coefficient (Wildman–Crippen LogP) is 5.56. The SMILES string of the molecule is CC1CN(Cc2cc(F)c3c(c2)CN(C2CCC(=O)NC2=O)C3=O)CC(C)N1CC[C@H](CSc1ccccc1)Nc1ccc(S(=O)(=O)NC(=O)c2ccccc2)cc1S(=O)(=O)C(F)(F)F. The second-order valence-corrected chi connectivity index (χ2v) is 21.0. The Bertz CT molecular complexity index is 2680. The number of nitrogens with one attached hydrogen (secondary N) is 3. The number of thioether (sulfide) groups is 1. The number of fused-ring (bicyclic) bond motifs is 1. The highest BCUT2D eigenvalue weighted by atomic mass is 32.2. The monoisotopic (exact) mass is 958 g/mol. The number of carbonyl (C=O) groups is 4. The number of nitrogens with zero attached hydrogens (tertiary/aromatic N) is 3. The summed E-state index contributed by atoms with van der Waals surface area (Å²) in [5.41, 5.74) is -5.30. The van der Waals surface area contributed by atoms with Gasteiger partial charge in [0.05, 0.1) is 16.1 Å². The summed E-state index contributed by atoms with van der Waals surface area (Å²) < 4.78 is 113. The molecule has 0 spiro atoms. The molecule has 0 aliphatic carbocycles. The number of piperazine rings is 1. The summed E-state index contributed by atoms with van der Waals surface area (Å²) in [5.74, 6) is -3.09. The molecule has 3 aliphatic rings. The van der Waals surface area contributed by atoms with Gasteiger partial charge in [-0.15, -0.1) is 11.8 Å². The molecule has 0 saturated carbocycles. The zero-order valence-corrected chi connectivity index (χ0v) is 37.6. The van der Waals surface area contributed by atoms with Crippen LogP contribution in [0.2, 0.25) is 0 Å². The third-order valence-electron chi connectivity index (χ3n) is 11.6. The molecule has 346 valence electrons. The Kier molecular flexibility index (Phi) is 14.1. The molecule has 2 saturated heterocycles. The van der Waals surface area contributed by atoms with Gasteiger partial charge >= 0.3 is 5.51 Å². The maximum atomic E-state index is 15.5. The number of halogens is 4. The first-order valence-electron chi connectivity index (χ1n) is 20.7. The zero-order chi connectivity index (χ0) is 46.8. The molecule has 21 heteroatoms. The number of carbonyl (C=O) groups excluding carboxylic acids is 4. The lowest BCUT2D eigenvalue weighted by Gasteiger charge is -2.45. The van der Waals surface area contributed by atoms with E-state index in [1.54, 1.807) is 16.9 Å². The minimum absolute atomic E-state index is 0.0311. The van der Waals surface area contributed by atoms with Crippen LogP contribution < -0.4 is 15.4 Å². The smallest absolute Gasteiger partial charge is 0.380 e. The highest BCUT2D eigenvalue weighted by Crippen LogP contribution is 2.37. The number of hydrogen-bond donors (Lipinski definition) is 3. The predicted molar refractivity (Wildman–Crippen MR) is 233 cm³/mol. The molecule has 14 nitrogen and oxygen atoms in total. The normalized spacial score (nSPS) is 20.3. The van der Waals surface area contributed by atoms with Crippen molar-refractivity contribution in [3.8, 4) is 0 Å². The number of rotatable bonds is 15. The van der Waals surface area contributed by atoms with E-state index < -0.39 is 82.4 Å². The second kappa shape index (κ2) is 19.2. The van der Waals surface area contributed by atoms with Crippen molar-refractivity contribution >= 4 is 60.9 Å². The maximum absolute atomic E-state index is 15.5. The summed E-state index contributed by atoms with van der Waals surface area (Å²) >= 11 is 1.39. The van der Waals surface area contributed by atoms with Crippen molar-refractivity contribution in [2.45, 2.75) is 90.6 Å². The third kappa shape index (κ3) is 10.7. The number of sulfonamides is 1. The molecule has 4 aromatic carbocycles. The van der Waals surface area contributed by atoms with Gasteiger partial charge in [0.15, 0.2) is 0 Å². The molecule has 2 fully saturated rings. The van der Waals surface area contributed by atoms with Crippen molar-refractivity contribution in [1.29, 1.82) is 0 Å². The number of amides is 4. The van der Waals surface area contributed by atoms with Crippen molar-refractivity contribution in [1.82, 2.24) is 24.7 Å². The van der Waals surface area contributed by atoms with Crippen LogP contribution in [-0.4, -0.2) is 110 Å². The lowest BCUT2D eigenvalue weighted by atomic mass is 10.0. The van der Waals surface area contributed by atoms with Crippen LogP contribution in [0.1, 0.15) is 65.0 Å². The van der Waals surface area contributed by atoms with Gasteiger partial charge in [0.25, 0.3) is 31.7 Å². The lowest BCUT2D eigenvalue weighted by Crippen LogP contribution is -2.56. The van der Waals surface area contributed by atoms with E-state index in [0.29, 0.717) is 49.8 Å². The Balaban J connectivity index is 1.06. The van der Waals surface area contributed by atoms with Crippen LogP contribution in [0, 0.1) is 5.82 Å². The quantitative estimate of drug-likeness (QED) is 0.0769. The molecule has 0 bridgehead atoms. The average Bonchev–Trinajstić information content (AvgIpc) is 3.58. The van der Waals surface area contributed by atoms with Crippen LogP contribution in [0.25, 0.3) is 0 Å². The summed E-state index contributed by atoms with van der Waals surface area (Å²) in [6, 6.07) is 20.1. The zero-order valence-electron chi connectivity index (χ0n) is 35.2. The number of sulfone groups is 1. The minimum atomic E-state index is -6.12. The van der Waals surface area contributed by atoms with Gasteiger partial charge in [0, 0.05) is 73.5 Å². The van der Waals surface area contributed by atoms with Crippen LogP contribution in [0.3, 0.4) is 0 Å². The minimum Gasteiger partial charge on any atom is -0.380 e. The summed E-state index contributed by atoms with van der Waals surface area (Å²) in [5, 5.41) is 5.23. The van der Waals surface area contributed by atoms with E-state index in [9.17, 15) is 49.2 Å². The topological polar surface area (TPSA) is 182 Å². The first-order valence-corrected chi connectivity index (χ1v) is 24.6. The van der Waals surface area contributed by atoms with Crippen LogP contribution in [0.15, 0.2) is 106 Å². The molecule has 3 N–H and O–H groups in total. The van der Waals surface area contributed by atoms with Gasteiger partial charge in [-0.3, -0.25) is 34.3 Å². The van der Waals surface area contributed by atoms with E-state index in [1.807, 2.05) is 44.2 Å². The third-order valence-corrected chi connectivity index (χ3v) is 15.7. The standard InChI is InChI=1S/C44H46F4N6O8S3/c1-27-22-52(24-29-19-31-25-54(43(58)40(31)35(45)20-29)37-15-16-39(55)50-42(37)57)23-28(2)53(27)18-17-32(26-63-33-11-7-4-8-12-33)49-36-14-13-34(21-38(36)64(59,60)44(46,47)48)65(61,62)51-41(56)30-9-5-3-6-10-30/h3-14,19-21,27-28,32,37,49H,15-18,22-26H2,1-2H3,(H,51,56)(H,50,55,57)/t27?,28?,32-,37?/m1/s1. The number of benzene rings is 4. The molecule has 0 aromatic heterocycles. The second-order valence-electron chi connectivity index (χ2n) is 16.3. The molecular weight excluding hydrogens is 913 g/mol. The fourth-order valence-corrected chi connectivity index (χ4v) is 11.5. The van der Waals surface area contributed by atoms with Crippen LogP contribution in [0.4, 0.5) is 23.2 Å². The molecule has 3 aliphatic heterocycles. The number of alkyl halides is 3. The number of piperidine rings is 1. The van der Waals surface area contributed by atoms with E-state index in [-0.39, 0.29) is 48.3 Å². The van der Waals surface area contributed by atoms with Gasteiger partial charge in [-0.1, -0.05) is 42.5 Å². The molecule has 7 rings (SSSR count). The van der Waals surface area contributed by atoms with Gasteiger partial charge in [-0.25, -0.2) is 25.9 Å². The molecule has 0 radical (unpaired) electrons. The van der Waals surface area contributed by atoms with Crippen molar-refractivity contribution in [2.24, 2.45) is 0 Å². The van der Waals surface area contributed by atoms with Crippen molar-refractivity contribution in [2.75, 3.05) is 30.7 Å². The molecule has 3 unspecified atom stereocenters. The van der Waals surface area contributed by atoms with Crippen LogP contribution >= 0.6 is 11.8 Å². The van der Waals surface area contributed by atoms with E-state index in [4.69, 9.17) is 0 Å². The Morgan fingerprint density at radius 2 is 1.57 bits per heavy atom. The molecule has 4 amide bonds. The van der Waals surface area contributed by atoms with Crippen molar-refractivity contribution in [3.63, 3.8) is 0 Å². The molecule has 4 aromatic rings. The number of imide groups is 1. The van der Waals surface area contributed by atoms with Crippen molar-refractivity contribution < 1.29 is 53.6 Å². The molecule has 65 heavy (non-hydrogen) atoms. The Labute approximate surface area is 378 Å². The summed E-state index contributed by atoms with van der Waals surface area (Å²) in [7, 11) is -11.0. The average molecular weight is 959 g/mol. The number of hydrogen-bond acceptors (Lipinski definition) is 12. The summed E-state index contributed by atoms with van der Waals surface area (Å²) in [4.78, 5) is 54.4. The van der Waals surface area contributed by atoms with Crippen LogP contribution in [0.5, 0.6) is 0 Å². The molecule has 4 atom stereocenters. The Morgan fingerprint density at radius 3 is 2.22 bits per heavy atom. The van der Waals surface area contributed by atoms with Gasteiger partial charge in [-0.2, -0.15) is 13.2 Å². The lowest BCUT2D eigenvalue weighted by molar-refractivity contribution is -0.136. The maximum Gasteiger partial charge on any atom is 0.501 e. The van der Waals surface area contributed by atoms with Gasteiger partial charge < -0.3 is 10.2 Å². The van der Waals surface area contributed by atoms with E-state index in [0.717, 1.165) is 17.0 Å². The van der Waals surface area contributed by atoms with Crippen LogP contribution in [-0.2, 0) is 42.5 Å². The first-order chi connectivity index (χ1) is 30.7. The largest absolute Gasteiger partial charge is 0.501 e. The first kappa shape index (κ1) is 47.6. The highest BCUT2D eigenvalue weighted by Gasteiger charge is 2.49. The van der Waals surface area contributed by atoms with Gasteiger partial charge in [0.1, 0.15) is 16.8 Å². The molecular formula is C44H46F4N6O8S3. The van der Waals surface area contributed by atoms with E-state index >= 15 is 4.39 Å². The highest BCUT2D eigenvalue weighted by molar-refractivity contribution is 7.99. The van der Waals surface area contributed by atoms with E-state index in [2.05, 4.69) is 20.4 Å². The van der Waals surface area contributed by atoms with Gasteiger partial charge in [-0.05, 0) is 86.3 Å². The number of anilines is 1. The fraction of sp³-hybridized carbons (Fsp3) is 0.364. The van der Waals surface area contributed by atoms with Crippen molar-refractivity contribution in [3.05, 3.63) is 119 Å². The summed E-state index contributed by atoms with van der Waals surface area (Å²) in [6.07, 6.45) is 0.547. The Hall–Kier alpha value is -5.35. The summed E-state index contributed by atoms with van der Waals surface area (Å²) in [6.45, 7) is 5.92. The van der Waals surface area contributed by atoms with Gasteiger partial charge in [0.2, 0.25) is 11.8 Å². The fourth-order valence-electron chi connectivity index (χ4n) is 8.51. The Morgan fingerprint density at radius 1 is 0.908 bits per heavy atom. The van der Waals surface area contributed by atoms with E-state index in [1.165, 1.54) is 47.0 Å². The molecule has 3 heterocycles.